The Morgan fingerprint density at radius 3 is 2.93 bits per heavy atom. The summed E-state index contributed by atoms with van der Waals surface area (Å²) in [6.07, 6.45) is 0. The van der Waals surface area contributed by atoms with Gasteiger partial charge in [-0.05, 0) is 19.2 Å². The second kappa shape index (κ2) is 6.16. The lowest BCUT2D eigenvalue weighted by atomic mass is 10.2. The zero-order valence-corrected chi connectivity index (χ0v) is 10.9. The largest absolute Gasteiger partial charge is 0.488 e. The molecule has 1 rings (SSSR count). The lowest BCUT2D eigenvalue weighted by Crippen LogP contribution is -2.08. The summed E-state index contributed by atoms with van der Waals surface area (Å²) in [6, 6.07) is 5.62. The first-order chi connectivity index (χ1) is 7.15. The molecule has 2 nitrogen and oxygen atoms in total. The van der Waals surface area contributed by atoms with E-state index in [0.717, 1.165) is 15.8 Å². The van der Waals surface area contributed by atoms with Crippen LogP contribution in [0.3, 0.4) is 0 Å². The van der Waals surface area contributed by atoms with Gasteiger partial charge in [0.05, 0.1) is 0 Å². The van der Waals surface area contributed by atoms with Crippen molar-refractivity contribution in [1.82, 2.24) is 5.32 Å². The van der Waals surface area contributed by atoms with Crippen LogP contribution >= 0.6 is 27.5 Å². The molecule has 0 aliphatic carbocycles. The number of hydrogen-bond donors (Lipinski definition) is 1. The SMILES string of the molecule is C=C(Br)COc1cccc(Cl)c1CNC. The normalized spacial score (nSPS) is 10.1. The van der Waals surface area contributed by atoms with E-state index in [4.69, 9.17) is 16.3 Å². The van der Waals surface area contributed by atoms with Gasteiger partial charge in [-0.25, -0.2) is 0 Å². The van der Waals surface area contributed by atoms with Crippen molar-refractivity contribution in [2.24, 2.45) is 0 Å². The van der Waals surface area contributed by atoms with Crippen LogP contribution in [0.4, 0.5) is 0 Å². The van der Waals surface area contributed by atoms with Crippen LogP contribution in [0, 0.1) is 0 Å². The molecule has 0 saturated heterocycles. The first-order valence-electron chi connectivity index (χ1n) is 4.53. The van der Waals surface area contributed by atoms with Gasteiger partial charge < -0.3 is 10.1 Å². The van der Waals surface area contributed by atoms with Crippen LogP contribution in [0.1, 0.15) is 5.56 Å². The molecule has 0 aromatic heterocycles. The summed E-state index contributed by atoms with van der Waals surface area (Å²) in [5.41, 5.74) is 0.968. The molecular formula is C11H13BrClNO. The molecule has 0 aliphatic heterocycles. The Labute approximate surface area is 103 Å². The van der Waals surface area contributed by atoms with Gasteiger partial charge >= 0.3 is 0 Å². The molecule has 0 bridgehead atoms. The van der Waals surface area contributed by atoms with Crippen LogP contribution in [0.25, 0.3) is 0 Å². The van der Waals surface area contributed by atoms with Gasteiger partial charge in [0.1, 0.15) is 12.4 Å². The van der Waals surface area contributed by atoms with Crippen molar-refractivity contribution in [2.45, 2.75) is 6.54 Å². The highest BCUT2D eigenvalue weighted by Crippen LogP contribution is 2.26. The number of nitrogens with one attached hydrogen (secondary N) is 1. The number of rotatable bonds is 5. The van der Waals surface area contributed by atoms with Crippen molar-refractivity contribution in [2.75, 3.05) is 13.7 Å². The Morgan fingerprint density at radius 1 is 1.60 bits per heavy atom. The quantitative estimate of drug-likeness (QED) is 0.898. The Balaban J connectivity index is 2.85. The Hall–Kier alpha value is -0.510. The molecule has 82 valence electrons. The molecule has 1 aromatic rings. The minimum atomic E-state index is 0.442. The second-order valence-electron chi connectivity index (χ2n) is 3.05. The van der Waals surface area contributed by atoms with E-state index < -0.39 is 0 Å². The number of halogens is 2. The van der Waals surface area contributed by atoms with Gasteiger partial charge in [0, 0.05) is 21.6 Å². The van der Waals surface area contributed by atoms with Gasteiger partial charge in [0.25, 0.3) is 0 Å². The first-order valence-corrected chi connectivity index (χ1v) is 5.70. The van der Waals surface area contributed by atoms with Crippen molar-refractivity contribution >= 4 is 27.5 Å². The van der Waals surface area contributed by atoms with E-state index in [-0.39, 0.29) is 0 Å². The highest BCUT2D eigenvalue weighted by Gasteiger charge is 2.07. The maximum absolute atomic E-state index is 6.07. The minimum Gasteiger partial charge on any atom is -0.488 e. The summed E-state index contributed by atoms with van der Waals surface area (Å²) >= 11 is 9.32. The predicted octanol–water partition coefficient (Wildman–Crippen LogP) is 3.35. The van der Waals surface area contributed by atoms with E-state index in [2.05, 4.69) is 27.8 Å². The summed E-state index contributed by atoms with van der Waals surface area (Å²) in [6.45, 7) is 4.84. The minimum absolute atomic E-state index is 0.442. The fraction of sp³-hybridized carbons (Fsp3) is 0.273. The Bertz CT molecular complexity index is 354. The van der Waals surface area contributed by atoms with Crippen LogP contribution < -0.4 is 10.1 Å². The second-order valence-corrected chi connectivity index (χ2v) is 4.58. The summed E-state index contributed by atoms with van der Waals surface area (Å²) in [5, 5.41) is 3.76. The summed E-state index contributed by atoms with van der Waals surface area (Å²) in [4.78, 5) is 0. The standard InChI is InChI=1S/C11H13BrClNO/c1-8(12)7-15-11-5-3-4-10(13)9(11)6-14-2/h3-5,14H,1,6-7H2,2H3. The highest BCUT2D eigenvalue weighted by atomic mass is 79.9. The molecule has 0 aliphatic rings. The van der Waals surface area contributed by atoms with Crippen LogP contribution in [0.5, 0.6) is 5.75 Å². The van der Waals surface area contributed by atoms with E-state index in [1.54, 1.807) is 0 Å². The summed E-state index contributed by atoms with van der Waals surface area (Å²) < 4.78 is 6.36. The molecule has 0 spiro atoms. The third-order valence-electron chi connectivity index (χ3n) is 1.81. The zero-order chi connectivity index (χ0) is 11.3. The Kier molecular flexibility index (Phi) is 5.15. The average Bonchev–Trinajstić information content (AvgIpc) is 2.19. The summed E-state index contributed by atoms with van der Waals surface area (Å²) in [5.74, 6) is 0.789. The third-order valence-corrected chi connectivity index (χ3v) is 2.40. The van der Waals surface area contributed by atoms with Crippen LogP contribution in [-0.2, 0) is 6.54 Å². The molecule has 0 heterocycles. The van der Waals surface area contributed by atoms with E-state index in [1.807, 2.05) is 25.2 Å². The number of hydrogen-bond acceptors (Lipinski definition) is 2. The van der Waals surface area contributed by atoms with Gasteiger partial charge in [-0.3, -0.25) is 0 Å². The number of benzene rings is 1. The molecule has 1 aromatic carbocycles. The topological polar surface area (TPSA) is 21.3 Å². The molecule has 0 unspecified atom stereocenters. The summed E-state index contributed by atoms with van der Waals surface area (Å²) in [7, 11) is 1.87. The molecule has 1 N–H and O–H groups in total. The van der Waals surface area contributed by atoms with Gasteiger partial charge in [0.15, 0.2) is 0 Å². The van der Waals surface area contributed by atoms with Gasteiger partial charge in [-0.2, -0.15) is 0 Å². The molecule has 0 saturated carbocycles. The fourth-order valence-electron chi connectivity index (χ4n) is 1.18. The smallest absolute Gasteiger partial charge is 0.125 e. The molecule has 15 heavy (non-hydrogen) atoms. The van der Waals surface area contributed by atoms with Crippen molar-refractivity contribution in [3.8, 4) is 5.75 Å². The molecule has 0 radical (unpaired) electrons. The average molecular weight is 291 g/mol. The lowest BCUT2D eigenvalue weighted by molar-refractivity contribution is 0.356. The monoisotopic (exact) mass is 289 g/mol. The van der Waals surface area contributed by atoms with Crippen molar-refractivity contribution < 1.29 is 4.74 Å². The zero-order valence-electron chi connectivity index (χ0n) is 8.52. The maximum atomic E-state index is 6.07. The predicted molar refractivity (Wildman–Crippen MR) is 67.8 cm³/mol. The van der Waals surface area contributed by atoms with Gasteiger partial charge in [0.2, 0.25) is 0 Å². The van der Waals surface area contributed by atoms with Gasteiger partial charge in [-0.1, -0.05) is 40.2 Å². The van der Waals surface area contributed by atoms with Gasteiger partial charge in [-0.15, -0.1) is 0 Å². The van der Waals surface area contributed by atoms with Crippen LogP contribution in [0.2, 0.25) is 5.02 Å². The van der Waals surface area contributed by atoms with E-state index in [9.17, 15) is 0 Å². The molecule has 0 atom stereocenters. The highest BCUT2D eigenvalue weighted by molar-refractivity contribution is 9.11. The number of ether oxygens (including phenoxy) is 1. The molecule has 4 heteroatoms. The van der Waals surface area contributed by atoms with Crippen LogP contribution in [-0.4, -0.2) is 13.7 Å². The molecule has 0 fully saturated rings. The van der Waals surface area contributed by atoms with E-state index >= 15 is 0 Å². The lowest BCUT2D eigenvalue weighted by Gasteiger charge is -2.12. The van der Waals surface area contributed by atoms with Crippen molar-refractivity contribution in [3.63, 3.8) is 0 Å². The van der Waals surface area contributed by atoms with Crippen LogP contribution in [0.15, 0.2) is 29.3 Å². The van der Waals surface area contributed by atoms with Crippen molar-refractivity contribution in [1.29, 1.82) is 0 Å². The third kappa shape index (κ3) is 3.86. The fourth-order valence-corrected chi connectivity index (χ4v) is 1.53. The Morgan fingerprint density at radius 2 is 2.33 bits per heavy atom. The van der Waals surface area contributed by atoms with E-state index in [0.29, 0.717) is 18.2 Å². The molecule has 0 amide bonds. The first kappa shape index (κ1) is 12.6. The van der Waals surface area contributed by atoms with E-state index in [1.165, 1.54) is 0 Å². The molecular weight excluding hydrogens is 277 g/mol. The maximum Gasteiger partial charge on any atom is 0.125 e. The van der Waals surface area contributed by atoms with Crippen molar-refractivity contribution in [3.05, 3.63) is 39.8 Å².